The van der Waals surface area contributed by atoms with Gasteiger partial charge in [0, 0.05) is 29.8 Å². The fraction of sp³-hybridized carbons (Fsp3) is 0.273. The van der Waals surface area contributed by atoms with Gasteiger partial charge < -0.3 is 10.7 Å². The monoisotopic (exact) mass is 289 g/mol. The predicted octanol–water partition coefficient (Wildman–Crippen LogP) is 1.64. The average molecular weight is 289 g/mol. The number of nitrogens with two attached hydrogens (primary N) is 1. The van der Waals surface area contributed by atoms with Crippen LogP contribution in [-0.2, 0) is 10.0 Å². The summed E-state index contributed by atoms with van der Waals surface area (Å²) in [5.74, 6) is 0. The van der Waals surface area contributed by atoms with E-state index in [4.69, 9.17) is 5.73 Å². The van der Waals surface area contributed by atoms with Crippen LogP contribution in [0.2, 0.25) is 0 Å². The van der Waals surface area contributed by atoms with Crippen LogP contribution in [0, 0.1) is 0 Å². The summed E-state index contributed by atoms with van der Waals surface area (Å²) in [6.45, 7) is -0.843. The Morgan fingerprint density at radius 2 is 2.11 bits per heavy atom. The van der Waals surface area contributed by atoms with Crippen molar-refractivity contribution in [2.75, 3.05) is 19.3 Å². The van der Waals surface area contributed by atoms with Crippen LogP contribution >= 0.6 is 0 Å². The molecule has 3 N–H and O–H groups in total. The number of hydrogen-bond donors (Lipinski definition) is 2. The van der Waals surface area contributed by atoms with Gasteiger partial charge >= 0.3 is 0 Å². The maximum absolute atomic E-state index is 12.3. The first kappa shape index (κ1) is 13.8. The van der Waals surface area contributed by atoms with Crippen molar-refractivity contribution in [1.82, 2.24) is 9.29 Å². The van der Waals surface area contributed by atoms with Crippen LogP contribution in [0.4, 0.5) is 14.5 Å². The number of nitrogens with one attached hydrogen (secondary N) is 1. The van der Waals surface area contributed by atoms with Crippen molar-refractivity contribution >= 4 is 26.6 Å². The van der Waals surface area contributed by atoms with Crippen molar-refractivity contribution in [2.45, 2.75) is 11.3 Å². The van der Waals surface area contributed by atoms with Gasteiger partial charge in [0.15, 0.2) is 0 Å². The fourth-order valence-corrected chi connectivity index (χ4v) is 3.10. The van der Waals surface area contributed by atoms with E-state index < -0.39 is 23.0 Å². The van der Waals surface area contributed by atoms with Crippen LogP contribution in [0.25, 0.3) is 10.9 Å². The highest BCUT2D eigenvalue weighted by atomic mass is 32.2. The molecular weight excluding hydrogens is 276 g/mol. The summed E-state index contributed by atoms with van der Waals surface area (Å²) in [5, 5.41) is 0.426. The summed E-state index contributed by atoms with van der Waals surface area (Å²) >= 11 is 0. The minimum atomic E-state index is -3.95. The Balaban J connectivity index is 2.49. The van der Waals surface area contributed by atoms with Gasteiger partial charge in [-0.05, 0) is 18.2 Å². The summed E-state index contributed by atoms with van der Waals surface area (Å²) in [4.78, 5) is 2.73. The number of aromatic nitrogens is 1. The Bertz CT molecular complexity index is 697. The molecule has 1 aromatic heterocycles. The second-order valence-corrected chi connectivity index (χ2v) is 6.15. The molecule has 0 aliphatic rings. The van der Waals surface area contributed by atoms with E-state index in [9.17, 15) is 17.2 Å². The number of benzene rings is 1. The number of nitrogens with zero attached hydrogens (tertiary/aromatic N) is 1. The lowest BCUT2D eigenvalue weighted by Gasteiger charge is -2.15. The lowest BCUT2D eigenvalue weighted by Crippen LogP contribution is -2.31. The fourth-order valence-electron chi connectivity index (χ4n) is 1.79. The van der Waals surface area contributed by atoms with Crippen molar-refractivity contribution in [3.8, 4) is 0 Å². The van der Waals surface area contributed by atoms with E-state index in [2.05, 4.69) is 4.98 Å². The van der Waals surface area contributed by atoms with Gasteiger partial charge in [0.1, 0.15) is 4.90 Å². The Hall–Kier alpha value is -1.67. The molecule has 0 aliphatic heterocycles. The van der Waals surface area contributed by atoms with Gasteiger partial charge in [-0.2, -0.15) is 4.31 Å². The Morgan fingerprint density at radius 3 is 2.74 bits per heavy atom. The Morgan fingerprint density at radius 1 is 1.42 bits per heavy atom. The highest BCUT2D eigenvalue weighted by Crippen LogP contribution is 2.26. The van der Waals surface area contributed by atoms with E-state index >= 15 is 0 Å². The predicted molar refractivity (Wildman–Crippen MR) is 68.5 cm³/mol. The minimum Gasteiger partial charge on any atom is -0.399 e. The number of hydrogen-bond acceptors (Lipinski definition) is 3. The molecule has 0 saturated carbocycles. The van der Waals surface area contributed by atoms with Crippen molar-refractivity contribution in [3.63, 3.8) is 0 Å². The zero-order valence-electron chi connectivity index (χ0n) is 10.1. The number of fused-ring (bicyclic) bond motifs is 1. The van der Waals surface area contributed by atoms with Gasteiger partial charge in [0.25, 0.3) is 6.43 Å². The van der Waals surface area contributed by atoms with Gasteiger partial charge in [0.2, 0.25) is 10.0 Å². The number of alkyl halides is 2. The number of rotatable bonds is 4. The molecule has 0 aliphatic carbocycles. The van der Waals surface area contributed by atoms with Crippen molar-refractivity contribution < 1.29 is 17.2 Å². The molecule has 0 spiro atoms. The number of H-pyrrole nitrogens is 1. The average Bonchev–Trinajstić information content (AvgIpc) is 2.71. The molecule has 19 heavy (non-hydrogen) atoms. The van der Waals surface area contributed by atoms with Crippen LogP contribution in [0.15, 0.2) is 29.3 Å². The number of aromatic amines is 1. The first-order valence-corrected chi connectivity index (χ1v) is 6.87. The van der Waals surface area contributed by atoms with E-state index in [1.165, 1.54) is 6.20 Å². The maximum atomic E-state index is 12.3. The normalized spacial score (nSPS) is 12.7. The molecule has 5 nitrogen and oxygen atoms in total. The van der Waals surface area contributed by atoms with E-state index in [1.807, 2.05) is 0 Å². The summed E-state index contributed by atoms with van der Waals surface area (Å²) in [7, 11) is -2.83. The smallest absolute Gasteiger partial charge is 0.252 e. The SMILES string of the molecule is CN(CC(F)F)S(=O)(=O)c1c[nH]c2cc(N)ccc12. The number of sulfonamides is 1. The molecule has 0 bridgehead atoms. The number of halogens is 2. The van der Waals surface area contributed by atoms with Crippen LogP contribution < -0.4 is 5.73 Å². The molecule has 0 radical (unpaired) electrons. The van der Waals surface area contributed by atoms with E-state index in [-0.39, 0.29) is 4.90 Å². The third-order valence-corrected chi connectivity index (χ3v) is 4.61. The van der Waals surface area contributed by atoms with Crippen LogP contribution in [0.1, 0.15) is 0 Å². The summed E-state index contributed by atoms with van der Waals surface area (Å²) < 4.78 is 49.6. The second-order valence-electron chi connectivity index (χ2n) is 4.13. The van der Waals surface area contributed by atoms with E-state index in [0.29, 0.717) is 20.9 Å². The molecule has 1 aromatic carbocycles. The second kappa shape index (κ2) is 4.78. The molecule has 1 heterocycles. The largest absolute Gasteiger partial charge is 0.399 e. The first-order valence-electron chi connectivity index (χ1n) is 5.43. The molecule has 8 heteroatoms. The van der Waals surface area contributed by atoms with Gasteiger partial charge in [-0.15, -0.1) is 0 Å². The zero-order chi connectivity index (χ0) is 14.2. The van der Waals surface area contributed by atoms with Crippen LogP contribution in [0.5, 0.6) is 0 Å². The quantitative estimate of drug-likeness (QED) is 0.840. The number of nitrogen functional groups attached to an aromatic ring is 1. The van der Waals surface area contributed by atoms with Crippen molar-refractivity contribution in [3.05, 3.63) is 24.4 Å². The molecule has 2 rings (SSSR count). The van der Waals surface area contributed by atoms with Crippen molar-refractivity contribution in [1.29, 1.82) is 0 Å². The van der Waals surface area contributed by atoms with E-state index in [0.717, 1.165) is 7.05 Å². The molecule has 0 fully saturated rings. The lowest BCUT2D eigenvalue weighted by atomic mass is 10.2. The highest BCUT2D eigenvalue weighted by Gasteiger charge is 2.26. The molecule has 0 amide bonds. The third kappa shape index (κ3) is 2.54. The Labute approximate surface area is 109 Å². The highest BCUT2D eigenvalue weighted by molar-refractivity contribution is 7.89. The first-order chi connectivity index (χ1) is 8.82. The van der Waals surface area contributed by atoms with Crippen LogP contribution in [-0.4, -0.2) is 37.7 Å². The zero-order valence-corrected chi connectivity index (χ0v) is 10.9. The molecule has 2 aromatic rings. The van der Waals surface area contributed by atoms with Crippen molar-refractivity contribution in [2.24, 2.45) is 0 Å². The summed E-state index contributed by atoms with van der Waals surface area (Å²) in [6.07, 6.45) is -1.44. The molecule has 0 saturated heterocycles. The van der Waals surface area contributed by atoms with Gasteiger partial charge in [-0.3, -0.25) is 0 Å². The molecular formula is C11H13F2N3O2S. The Kier molecular flexibility index (Phi) is 3.46. The topological polar surface area (TPSA) is 79.2 Å². The summed E-state index contributed by atoms with van der Waals surface area (Å²) in [6, 6.07) is 4.69. The standard InChI is InChI=1S/C11H13F2N3O2S/c1-16(6-11(12)13)19(17,18)10-5-15-9-4-7(14)2-3-8(9)10/h2-5,11,15H,6,14H2,1H3. The van der Waals surface area contributed by atoms with Crippen LogP contribution in [0.3, 0.4) is 0 Å². The maximum Gasteiger partial charge on any atom is 0.252 e. The lowest BCUT2D eigenvalue weighted by molar-refractivity contribution is 0.126. The minimum absolute atomic E-state index is 0.0364. The molecule has 0 atom stereocenters. The molecule has 104 valence electrons. The molecule has 0 unspecified atom stereocenters. The van der Waals surface area contributed by atoms with E-state index in [1.54, 1.807) is 18.2 Å². The van der Waals surface area contributed by atoms with Gasteiger partial charge in [-0.25, -0.2) is 17.2 Å². The van der Waals surface area contributed by atoms with Gasteiger partial charge in [-0.1, -0.05) is 0 Å². The third-order valence-electron chi connectivity index (χ3n) is 2.75. The summed E-state index contributed by atoms with van der Waals surface area (Å²) in [5.41, 5.74) is 6.62. The number of anilines is 1. The van der Waals surface area contributed by atoms with Gasteiger partial charge in [0.05, 0.1) is 6.54 Å².